The number of carbonyl (C=O) groups is 1. The summed E-state index contributed by atoms with van der Waals surface area (Å²) in [6.45, 7) is 1.19. The maximum atomic E-state index is 14.6. The fourth-order valence-corrected chi connectivity index (χ4v) is 4.83. The molecule has 0 bridgehead atoms. The molecule has 0 N–H and O–H groups in total. The predicted molar refractivity (Wildman–Crippen MR) is 135 cm³/mol. The van der Waals surface area contributed by atoms with Crippen molar-refractivity contribution in [1.82, 2.24) is 10.1 Å². The fourth-order valence-electron chi connectivity index (χ4n) is 4.83. The molecule has 2 aromatic carbocycles. The number of methoxy groups -OCH3 is 1. The van der Waals surface area contributed by atoms with Crippen molar-refractivity contribution in [1.29, 1.82) is 0 Å². The van der Waals surface area contributed by atoms with Crippen LogP contribution in [0.25, 0.3) is 11.3 Å². The van der Waals surface area contributed by atoms with E-state index in [1.54, 1.807) is 24.1 Å². The number of anilines is 1. The van der Waals surface area contributed by atoms with Gasteiger partial charge in [-0.2, -0.15) is 0 Å². The van der Waals surface area contributed by atoms with Crippen molar-refractivity contribution in [3.05, 3.63) is 71.5 Å². The van der Waals surface area contributed by atoms with E-state index in [9.17, 15) is 9.18 Å². The Hall–Kier alpha value is -3.19. The third-order valence-electron chi connectivity index (χ3n) is 6.77. The summed E-state index contributed by atoms with van der Waals surface area (Å²) in [5.41, 5.74) is 2.53. The van der Waals surface area contributed by atoms with Gasteiger partial charge in [-0.3, -0.25) is 4.79 Å². The van der Waals surface area contributed by atoms with Crippen LogP contribution < -0.4 is 4.90 Å². The zero-order chi connectivity index (χ0) is 24.6. The molecular formula is C28H34FN3O3. The summed E-state index contributed by atoms with van der Waals surface area (Å²) in [4.78, 5) is 17.3. The van der Waals surface area contributed by atoms with Gasteiger partial charge >= 0.3 is 0 Å². The molecule has 1 saturated carbocycles. The van der Waals surface area contributed by atoms with E-state index in [0.29, 0.717) is 37.2 Å². The number of aromatic nitrogens is 1. The molecule has 35 heavy (non-hydrogen) atoms. The number of nitrogens with zero attached hydrogens (tertiary/aromatic N) is 3. The molecule has 186 valence electrons. The molecule has 0 atom stereocenters. The van der Waals surface area contributed by atoms with Gasteiger partial charge in [-0.25, -0.2) is 4.39 Å². The molecule has 3 aromatic rings. The van der Waals surface area contributed by atoms with Crippen molar-refractivity contribution in [2.24, 2.45) is 0 Å². The topological polar surface area (TPSA) is 58.8 Å². The van der Waals surface area contributed by atoms with Gasteiger partial charge in [0.2, 0.25) is 5.88 Å². The first kappa shape index (κ1) is 24.9. The number of carbonyl (C=O) groups excluding carboxylic acids is 1. The van der Waals surface area contributed by atoms with Crippen molar-refractivity contribution < 1.29 is 18.4 Å². The largest absolute Gasteiger partial charge is 0.385 e. The summed E-state index contributed by atoms with van der Waals surface area (Å²) in [5.74, 6) is -0.207. The second kappa shape index (κ2) is 12.0. The highest BCUT2D eigenvalue weighted by atomic mass is 19.1. The first-order chi connectivity index (χ1) is 17.1. The van der Waals surface area contributed by atoms with Crippen molar-refractivity contribution >= 4 is 11.8 Å². The standard InChI is InChI=1S/C28H34FN3O3/c1-31(22-14-7-4-8-15-22)28-24(26(30-35-28)21-12-5-3-6-13-21)20-32(18-11-19-34-2)27(33)23-16-9-10-17-25(23)29/h3,5-6,9-10,12-13,16-17,22H,4,7-8,11,14-15,18-20H2,1-2H3. The number of benzene rings is 2. The Morgan fingerprint density at radius 1 is 1.09 bits per heavy atom. The van der Waals surface area contributed by atoms with E-state index in [-0.39, 0.29) is 18.0 Å². The lowest BCUT2D eigenvalue weighted by molar-refractivity contribution is 0.0719. The minimum atomic E-state index is -0.526. The average Bonchev–Trinajstić information content (AvgIpc) is 3.32. The van der Waals surface area contributed by atoms with Crippen LogP contribution in [0.15, 0.2) is 59.1 Å². The monoisotopic (exact) mass is 479 g/mol. The first-order valence-electron chi connectivity index (χ1n) is 12.4. The van der Waals surface area contributed by atoms with Crippen LogP contribution in [0, 0.1) is 5.82 Å². The molecule has 0 saturated heterocycles. The van der Waals surface area contributed by atoms with Crippen LogP contribution in [0.2, 0.25) is 0 Å². The lowest BCUT2D eigenvalue weighted by Gasteiger charge is -2.32. The first-order valence-corrected chi connectivity index (χ1v) is 12.4. The minimum Gasteiger partial charge on any atom is -0.385 e. The lowest BCUT2D eigenvalue weighted by atomic mass is 9.94. The van der Waals surface area contributed by atoms with Crippen LogP contribution in [0.1, 0.15) is 54.4 Å². The van der Waals surface area contributed by atoms with Gasteiger partial charge in [0.05, 0.1) is 17.7 Å². The highest BCUT2D eigenvalue weighted by Gasteiger charge is 2.29. The minimum absolute atomic E-state index is 0.0600. The fraction of sp³-hybridized carbons (Fsp3) is 0.429. The molecule has 6 nitrogen and oxygen atoms in total. The Morgan fingerprint density at radius 3 is 2.51 bits per heavy atom. The van der Waals surface area contributed by atoms with E-state index < -0.39 is 5.82 Å². The summed E-state index contributed by atoms with van der Waals surface area (Å²) >= 11 is 0. The van der Waals surface area contributed by atoms with Crippen LogP contribution in [0.5, 0.6) is 0 Å². The van der Waals surface area contributed by atoms with Gasteiger partial charge in [0, 0.05) is 38.9 Å². The van der Waals surface area contributed by atoms with E-state index in [0.717, 1.165) is 24.0 Å². The molecule has 1 heterocycles. The van der Waals surface area contributed by atoms with Crippen LogP contribution in [-0.2, 0) is 11.3 Å². The molecule has 4 rings (SSSR count). The molecule has 0 radical (unpaired) electrons. The smallest absolute Gasteiger partial charge is 0.257 e. The molecule has 0 aliphatic heterocycles. The Labute approximate surface area is 206 Å². The Kier molecular flexibility index (Phi) is 8.53. The number of hydrogen-bond acceptors (Lipinski definition) is 5. The van der Waals surface area contributed by atoms with Gasteiger partial charge in [0.25, 0.3) is 5.91 Å². The van der Waals surface area contributed by atoms with E-state index >= 15 is 0 Å². The van der Waals surface area contributed by atoms with Crippen LogP contribution in [-0.4, -0.2) is 49.3 Å². The molecule has 1 aliphatic rings. The van der Waals surface area contributed by atoms with E-state index in [1.165, 1.54) is 31.4 Å². The van der Waals surface area contributed by atoms with Gasteiger partial charge in [-0.1, -0.05) is 66.9 Å². The number of amides is 1. The summed E-state index contributed by atoms with van der Waals surface area (Å²) in [7, 11) is 3.68. The van der Waals surface area contributed by atoms with E-state index in [2.05, 4.69) is 10.1 Å². The summed E-state index contributed by atoms with van der Waals surface area (Å²) in [5, 5.41) is 4.45. The van der Waals surface area contributed by atoms with E-state index in [1.807, 2.05) is 37.4 Å². The Balaban J connectivity index is 1.71. The normalized spacial score (nSPS) is 14.1. The van der Waals surface area contributed by atoms with Gasteiger partial charge in [-0.05, 0) is 31.4 Å². The van der Waals surface area contributed by atoms with Gasteiger partial charge in [0.15, 0.2) is 0 Å². The SMILES string of the molecule is COCCCN(Cc1c(-c2ccccc2)noc1N(C)C1CCCCC1)C(=O)c1ccccc1F. The second-order valence-electron chi connectivity index (χ2n) is 9.14. The Morgan fingerprint density at radius 2 is 1.80 bits per heavy atom. The van der Waals surface area contributed by atoms with Crippen molar-refractivity contribution in [2.45, 2.75) is 51.1 Å². The molecule has 0 spiro atoms. The van der Waals surface area contributed by atoms with Crippen molar-refractivity contribution in [2.75, 3.05) is 32.2 Å². The molecular weight excluding hydrogens is 445 g/mol. The summed E-state index contributed by atoms with van der Waals surface area (Å²) in [6.07, 6.45) is 6.48. The number of halogens is 1. The van der Waals surface area contributed by atoms with E-state index in [4.69, 9.17) is 9.26 Å². The van der Waals surface area contributed by atoms with Crippen LogP contribution in [0.3, 0.4) is 0 Å². The van der Waals surface area contributed by atoms with Gasteiger partial charge in [-0.15, -0.1) is 0 Å². The molecule has 1 fully saturated rings. The zero-order valence-corrected chi connectivity index (χ0v) is 20.6. The van der Waals surface area contributed by atoms with Crippen molar-refractivity contribution in [3.63, 3.8) is 0 Å². The Bertz CT molecular complexity index is 1100. The summed E-state index contributed by atoms with van der Waals surface area (Å²) in [6, 6.07) is 16.3. The number of rotatable bonds is 10. The van der Waals surface area contributed by atoms with Gasteiger partial charge < -0.3 is 19.1 Å². The second-order valence-corrected chi connectivity index (χ2v) is 9.14. The quantitative estimate of drug-likeness (QED) is 0.338. The zero-order valence-electron chi connectivity index (χ0n) is 20.6. The average molecular weight is 480 g/mol. The number of hydrogen-bond donors (Lipinski definition) is 0. The number of ether oxygens (including phenoxy) is 1. The molecule has 1 amide bonds. The molecule has 7 heteroatoms. The van der Waals surface area contributed by atoms with Crippen LogP contribution in [0.4, 0.5) is 10.3 Å². The highest BCUT2D eigenvalue weighted by molar-refractivity contribution is 5.94. The maximum Gasteiger partial charge on any atom is 0.257 e. The molecule has 1 aliphatic carbocycles. The predicted octanol–water partition coefficient (Wildman–Crippen LogP) is 5.93. The van der Waals surface area contributed by atoms with Crippen molar-refractivity contribution in [3.8, 4) is 11.3 Å². The van der Waals surface area contributed by atoms with Crippen LogP contribution >= 0.6 is 0 Å². The maximum absolute atomic E-state index is 14.6. The third-order valence-corrected chi connectivity index (χ3v) is 6.77. The highest BCUT2D eigenvalue weighted by Crippen LogP contribution is 2.35. The third kappa shape index (κ3) is 5.90. The lowest BCUT2D eigenvalue weighted by Crippen LogP contribution is -2.36. The summed E-state index contributed by atoms with van der Waals surface area (Å²) < 4.78 is 25.7. The molecule has 0 unspecified atom stereocenters. The molecule has 1 aromatic heterocycles. The van der Waals surface area contributed by atoms with Gasteiger partial charge in [0.1, 0.15) is 11.5 Å².